The average molecular weight is 601 g/mol. The van der Waals surface area contributed by atoms with Crippen molar-refractivity contribution in [1.82, 2.24) is 19.7 Å². The maximum Gasteiger partial charge on any atom is 0.341 e. The molecule has 16 nitrogen and oxygen atoms in total. The summed E-state index contributed by atoms with van der Waals surface area (Å²) in [5, 5.41) is 27.6. The van der Waals surface area contributed by atoms with Crippen molar-refractivity contribution in [2.75, 3.05) is 32.9 Å². The molecule has 6 atom stereocenters. The molecule has 17 heteroatoms. The summed E-state index contributed by atoms with van der Waals surface area (Å²) in [5.74, 6) is -1.91. The Kier molecular flexibility index (Phi) is 9.04. The van der Waals surface area contributed by atoms with Gasteiger partial charge in [-0.15, -0.1) is 0 Å². The van der Waals surface area contributed by atoms with Crippen molar-refractivity contribution in [3.63, 3.8) is 0 Å². The molecular weight excluding hydrogens is 563 g/mol. The molecule has 1 aromatic heterocycles. The molecule has 3 aliphatic rings. The normalized spacial score (nSPS) is 31.0. The number of aliphatic hydroxyl groups is 2. The van der Waals surface area contributed by atoms with Crippen LogP contribution in [0.3, 0.4) is 0 Å². The molecule has 0 radical (unpaired) electrons. The number of hydrogen-bond acceptors (Lipinski definition) is 12. The second kappa shape index (κ2) is 11.9. The Morgan fingerprint density at radius 2 is 1.85 bits per heavy atom. The molecule has 0 spiro atoms. The van der Waals surface area contributed by atoms with E-state index in [0.717, 1.165) is 0 Å². The number of carbonyl (C=O) groups excluding carboxylic acids is 3. The lowest BCUT2D eigenvalue weighted by Gasteiger charge is -2.27. The Morgan fingerprint density at radius 3 is 2.39 bits per heavy atom. The number of nitrogens with two attached hydrogens (primary N) is 1. The Hall–Kier alpha value is -2.72. The molecule has 6 N–H and O–H groups in total. The number of imidazole rings is 1. The molecule has 2 fully saturated rings. The van der Waals surface area contributed by atoms with Gasteiger partial charge in [-0.2, -0.15) is 4.99 Å². The minimum Gasteiger partial charge on any atom is -0.465 e. The van der Waals surface area contributed by atoms with Gasteiger partial charge in [0.05, 0.1) is 31.8 Å². The molecule has 1 saturated carbocycles. The minimum absolute atomic E-state index is 0.108. The van der Waals surface area contributed by atoms with E-state index in [9.17, 15) is 29.2 Å². The quantitative estimate of drug-likeness (QED) is 0.151. The number of nitrogens with zero attached hydrogens (tertiary/aromatic N) is 3. The van der Waals surface area contributed by atoms with Crippen LogP contribution in [0.1, 0.15) is 68.7 Å². The highest BCUT2D eigenvalue weighted by molar-refractivity contribution is 7.54. The number of ether oxygens (including phenoxy) is 3. The summed E-state index contributed by atoms with van der Waals surface area (Å²) in [4.78, 5) is 44.4. The predicted octanol–water partition coefficient (Wildman–Crippen LogP) is -0.488. The van der Waals surface area contributed by atoms with Crippen molar-refractivity contribution >= 4 is 31.4 Å². The summed E-state index contributed by atoms with van der Waals surface area (Å²) < 4.78 is 36.3. The number of amides is 1. The van der Waals surface area contributed by atoms with Crippen molar-refractivity contribution < 1.29 is 47.9 Å². The highest BCUT2D eigenvalue weighted by atomic mass is 31.2. The van der Waals surface area contributed by atoms with E-state index in [4.69, 9.17) is 24.5 Å². The number of amidine groups is 1. The van der Waals surface area contributed by atoms with Crippen molar-refractivity contribution in [1.29, 1.82) is 0 Å². The molecule has 41 heavy (non-hydrogen) atoms. The first-order chi connectivity index (χ1) is 19.3. The van der Waals surface area contributed by atoms with Crippen LogP contribution in [-0.2, 0) is 32.9 Å². The van der Waals surface area contributed by atoms with Crippen LogP contribution in [-0.4, -0.2) is 99.8 Å². The standard InChI is InChI=1S/C24H37N6O10P/c1-5-37-16(31)9-27-41(36,28-10-17(32)38-6-2)39-11-14-20(33)24(35)22(23(24,4)40-14)30-12-26-18-19(30)13(3)7-8-15(25)29-21(18)34/h12-14,20,22,33,35H,5-11H2,1-4H3,(H2,25,29,34)(H2,27,28,36). The zero-order chi connectivity index (χ0) is 30.2. The van der Waals surface area contributed by atoms with Crippen molar-refractivity contribution in [2.24, 2.45) is 10.7 Å². The van der Waals surface area contributed by atoms with Gasteiger partial charge in [0, 0.05) is 6.42 Å². The minimum atomic E-state index is -4.06. The highest BCUT2D eigenvalue weighted by Crippen LogP contribution is 2.68. The molecule has 6 unspecified atom stereocenters. The van der Waals surface area contributed by atoms with Gasteiger partial charge < -0.3 is 39.2 Å². The Morgan fingerprint density at radius 1 is 1.24 bits per heavy atom. The van der Waals surface area contributed by atoms with Gasteiger partial charge in [-0.3, -0.25) is 18.9 Å². The lowest BCUT2D eigenvalue weighted by atomic mass is 9.97. The average Bonchev–Trinajstić information content (AvgIpc) is 3.16. The first-order valence-corrected chi connectivity index (χ1v) is 15.0. The SMILES string of the molecule is CCOC(=O)CNP(=O)(NCC(=O)OCC)OCC1OC2(C)C(n3cnc4c3C(C)CCC(N)=NC4=O)C2(O)C1O. The Labute approximate surface area is 236 Å². The van der Waals surface area contributed by atoms with E-state index >= 15 is 0 Å². The zero-order valence-electron chi connectivity index (χ0n) is 23.4. The monoisotopic (exact) mass is 600 g/mol. The summed E-state index contributed by atoms with van der Waals surface area (Å²) in [6.07, 6.45) is -0.201. The van der Waals surface area contributed by atoms with Crippen LogP contribution in [0.5, 0.6) is 0 Å². The van der Waals surface area contributed by atoms with Gasteiger partial charge in [0.25, 0.3) is 5.91 Å². The topological polar surface area (TPSA) is 226 Å². The van der Waals surface area contributed by atoms with Gasteiger partial charge >= 0.3 is 19.6 Å². The van der Waals surface area contributed by atoms with Crippen molar-refractivity contribution in [3.05, 3.63) is 17.7 Å². The summed E-state index contributed by atoms with van der Waals surface area (Å²) in [7, 11) is -4.06. The largest absolute Gasteiger partial charge is 0.465 e. The Balaban J connectivity index is 1.48. The van der Waals surface area contributed by atoms with E-state index in [-0.39, 0.29) is 30.7 Å². The van der Waals surface area contributed by atoms with Gasteiger partial charge in [-0.05, 0) is 33.1 Å². The summed E-state index contributed by atoms with van der Waals surface area (Å²) >= 11 is 0. The fraction of sp³-hybridized carbons (Fsp3) is 0.708. The molecular formula is C24H37N6O10P. The molecule has 2 aliphatic heterocycles. The lowest BCUT2D eigenvalue weighted by molar-refractivity contribution is -0.142. The first kappa shape index (κ1) is 31.2. The van der Waals surface area contributed by atoms with E-state index in [1.807, 2.05) is 6.92 Å². The van der Waals surface area contributed by atoms with Gasteiger partial charge in [0.15, 0.2) is 5.69 Å². The molecule has 1 amide bonds. The third-order valence-electron chi connectivity index (χ3n) is 7.60. The summed E-state index contributed by atoms with van der Waals surface area (Å²) in [6.45, 7) is 5.50. The maximum absolute atomic E-state index is 13.4. The molecule has 0 aromatic carbocycles. The molecule has 1 aromatic rings. The smallest absolute Gasteiger partial charge is 0.341 e. The van der Waals surface area contributed by atoms with Gasteiger partial charge in [0.2, 0.25) is 0 Å². The second-order valence-electron chi connectivity index (χ2n) is 10.3. The van der Waals surface area contributed by atoms with Crippen LogP contribution in [0.15, 0.2) is 11.3 Å². The molecule has 1 aliphatic carbocycles. The third kappa shape index (κ3) is 5.82. The first-order valence-electron chi connectivity index (χ1n) is 13.4. The van der Waals surface area contributed by atoms with Crippen LogP contribution < -0.4 is 15.9 Å². The van der Waals surface area contributed by atoms with E-state index in [1.165, 1.54) is 6.33 Å². The third-order valence-corrected chi connectivity index (χ3v) is 9.26. The number of aromatic nitrogens is 2. The number of esters is 2. The van der Waals surface area contributed by atoms with Crippen LogP contribution in [0, 0.1) is 0 Å². The van der Waals surface area contributed by atoms with Crippen LogP contribution in [0.2, 0.25) is 0 Å². The summed E-state index contributed by atoms with van der Waals surface area (Å²) in [6, 6.07) is -0.788. The zero-order valence-corrected chi connectivity index (χ0v) is 24.3. The van der Waals surface area contributed by atoms with Crippen molar-refractivity contribution in [2.45, 2.75) is 75.9 Å². The van der Waals surface area contributed by atoms with E-state index in [0.29, 0.717) is 18.5 Å². The maximum atomic E-state index is 13.4. The van der Waals surface area contributed by atoms with E-state index < -0.39 is 74.7 Å². The lowest BCUT2D eigenvalue weighted by Crippen LogP contribution is -2.41. The number of nitrogens with one attached hydrogen (secondary N) is 2. The van der Waals surface area contributed by atoms with Crippen LogP contribution >= 0.6 is 7.67 Å². The molecule has 1 saturated heterocycles. The number of fused-ring (bicyclic) bond motifs is 2. The number of rotatable bonds is 12. The number of aliphatic imine (C=N–C) groups is 1. The Bertz CT molecular complexity index is 1250. The highest BCUT2D eigenvalue weighted by Gasteiger charge is 2.85. The summed E-state index contributed by atoms with van der Waals surface area (Å²) in [5.41, 5.74) is 3.39. The number of hydrogen-bond donors (Lipinski definition) is 5. The van der Waals surface area contributed by atoms with Crippen LogP contribution in [0.4, 0.5) is 0 Å². The predicted molar refractivity (Wildman–Crippen MR) is 142 cm³/mol. The molecule has 4 rings (SSSR count). The van der Waals surface area contributed by atoms with E-state index in [2.05, 4.69) is 20.2 Å². The molecule has 3 heterocycles. The van der Waals surface area contributed by atoms with Crippen molar-refractivity contribution in [3.8, 4) is 0 Å². The van der Waals surface area contributed by atoms with Gasteiger partial charge in [-0.1, -0.05) is 6.92 Å². The fourth-order valence-electron chi connectivity index (χ4n) is 5.51. The number of carbonyl (C=O) groups is 3. The van der Waals surface area contributed by atoms with Gasteiger partial charge in [-0.25, -0.2) is 15.2 Å². The fourth-order valence-corrected chi connectivity index (χ4v) is 6.84. The molecule has 0 bridgehead atoms. The van der Waals surface area contributed by atoms with Crippen LogP contribution in [0.25, 0.3) is 0 Å². The van der Waals surface area contributed by atoms with E-state index in [1.54, 1.807) is 25.3 Å². The number of aliphatic hydroxyl groups excluding tert-OH is 1. The second-order valence-corrected chi connectivity index (χ2v) is 12.3. The molecule has 228 valence electrons. The van der Waals surface area contributed by atoms with Gasteiger partial charge in [0.1, 0.15) is 48.4 Å².